The van der Waals surface area contributed by atoms with Gasteiger partial charge in [-0.25, -0.2) is 0 Å². The summed E-state index contributed by atoms with van der Waals surface area (Å²) in [6.07, 6.45) is 0. The first-order valence-corrected chi connectivity index (χ1v) is 5.96. The fourth-order valence-electron chi connectivity index (χ4n) is 1.71. The molecule has 0 spiro atoms. The van der Waals surface area contributed by atoms with Crippen molar-refractivity contribution in [1.82, 2.24) is 9.78 Å². The Hall–Kier alpha value is -1.13. The quantitative estimate of drug-likeness (QED) is 0.938. The van der Waals surface area contributed by atoms with E-state index in [0.29, 0.717) is 6.54 Å². The summed E-state index contributed by atoms with van der Waals surface area (Å²) in [5, 5.41) is 4.43. The molecule has 0 atom stereocenters. The Morgan fingerprint density at radius 3 is 2.88 bits per heavy atom. The SMILES string of the molecule is Cc1cc(CN)n(Cc2cccc(Br)c2)n1. The molecule has 0 fully saturated rings. The molecule has 3 nitrogen and oxygen atoms in total. The minimum Gasteiger partial charge on any atom is -0.325 e. The van der Waals surface area contributed by atoms with Gasteiger partial charge in [0.15, 0.2) is 0 Å². The summed E-state index contributed by atoms with van der Waals surface area (Å²) >= 11 is 3.46. The molecular weight excluding hydrogens is 266 g/mol. The molecule has 2 N–H and O–H groups in total. The summed E-state index contributed by atoms with van der Waals surface area (Å²) < 4.78 is 3.04. The number of nitrogens with zero attached hydrogens (tertiary/aromatic N) is 2. The van der Waals surface area contributed by atoms with Crippen molar-refractivity contribution >= 4 is 15.9 Å². The van der Waals surface area contributed by atoms with Crippen molar-refractivity contribution in [2.45, 2.75) is 20.0 Å². The van der Waals surface area contributed by atoms with E-state index in [9.17, 15) is 0 Å². The van der Waals surface area contributed by atoms with E-state index in [4.69, 9.17) is 5.73 Å². The maximum absolute atomic E-state index is 5.68. The Kier molecular flexibility index (Phi) is 3.41. The molecule has 0 aliphatic carbocycles. The molecule has 0 saturated heterocycles. The van der Waals surface area contributed by atoms with Crippen LogP contribution in [0.1, 0.15) is 17.0 Å². The van der Waals surface area contributed by atoms with Gasteiger partial charge in [-0.3, -0.25) is 4.68 Å². The predicted octanol–water partition coefficient (Wildman–Crippen LogP) is 2.46. The molecule has 1 aromatic carbocycles. The van der Waals surface area contributed by atoms with Crippen LogP contribution < -0.4 is 5.73 Å². The Bertz CT molecular complexity index is 491. The van der Waals surface area contributed by atoms with Crippen molar-refractivity contribution in [3.05, 3.63) is 51.8 Å². The fraction of sp³-hybridized carbons (Fsp3) is 0.250. The summed E-state index contributed by atoms with van der Waals surface area (Å²) in [5.74, 6) is 0. The summed E-state index contributed by atoms with van der Waals surface area (Å²) in [6, 6.07) is 10.2. The van der Waals surface area contributed by atoms with Crippen LogP contribution in [0.3, 0.4) is 0 Å². The molecule has 1 aromatic heterocycles. The van der Waals surface area contributed by atoms with Gasteiger partial charge >= 0.3 is 0 Å². The largest absolute Gasteiger partial charge is 0.325 e. The summed E-state index contributed by atoms with van der Waals surface area (Å²) in [4.78, 5) is 0. The molecule has 0 saturated carbocycles. The summed E-state index contributed by atoms with van der Waals surface area (Å²) in [5.41, 5.74) is 8.97. The first kappa shape index (κ1) is 11.4. The zero-order valence-electron chi connectivity index (χ0n) is 9.15. The van der Waals surface area contributed by atoms with Crippen molar-refractivity contribution in [3.63, 3.8) is 0 Å². The van der Waals surface area contributed by atoms with Crippen molar-refractivity contribution in [3.8, 4) is 0 Å². The number of nitrogens with two attached hydrogens (primary N) is 1. The van der Waals surface area contributed by atoms with E-state index in [0.717, 1.165) is 22.4 Å². The monoisotopic (exact) mass is 279 g/mol. The normalized spacial score (nSPS) is 10.7. The molecule has 2 aromatic rings. The van der Waals surface area contributed by atoms with E-state index < -0.39 is 0 Å². The molecule has 0 amide bonds. The third-order valence-corrected chi connectivity index (χ3v) is 2.91. The van der Waals surface area contributed by atoms with Crippen LogP contribution in [-0.2, 0) is 13.1 Å². The van der Waals surface area contributed by atoms with Gasteiger partial charge in [-0.15, -0.1) is 0 Å². The number of rotatable bonds is 3. The summed E-state index contributed by atoms with van der Waals surface area (Å²) in [6.45, 7) is 3.27. The highest BCUT2D eigenvalue weighted by Crippen LogP contribution is 2.13. The van der Waals surface area contributed by atoms with Gasteiger partial charge in [0.2, 0.25) is 0 Å². The van der Waals surface area contributed by atoms with Crippen molar-refractivity contribution in [2.75, 3.05) is 0 Å². The van der Waals surface area contributed by atoms with E-state index in [2.05, 4.69) is 33.2 Å². The van der Waals surface area contributed by atoms with Crippen LogP contribution in [0.25, 0.3) is 0 Å². The van der Waals surface area contributed by atoms with Crippen molar-refractivity contribution in [1.29, 1.82) is 0 Å². The van der Waals surface area contributed by atoms with E-state index >= 15 is 0 Å². The third-order valence-electron chi connectivity index (χ3n) is 2.42. The second-order valence-corrected chi connectivity index (χ2v) is 4.68. The first-order valence-electron chi connectivity index (χ1n) is 5.17. The van der Waals surface area contributed by atoms with E-state index in [1.165, 1.54) is 5.56 Å². The van der Waals surface area contributed by atoms with Crippen LogP contribution in [0.4, 0.5) is 0 Å². The van der Waals surface area contributed by atoms with Gasteiger partial charge in [-0.2, -0.15) is 5.10 Å². The Morgan fingerprint density at radius 2 is 2.19 bits per heavy atom. The standard InChI is InChI=1S/C12H14BrN3/c1-9-5-12(7-14)16(15-9)8-10-3-2-4-11(13)6-10/h2-6H,7-8,14H2,1H3. The first-order chi connectivity index (χ1) is 7.69. The molecule has 16 heavy (non-hydrogen) atoms. The van der Waals surface area contributed by atoms with Crippen LogP contribution in [0.2, 0.25) is 0 Å². The third kappa shape index (κ3) is 2.51. The molecule has 0 aliphatic heterocycles. The number of hydrogen-bond donors (Lipinski definition) is 1. The lowest BCUT2D eigenvalue weighted by Crippen LogP contribution is -2.09. The van der Waals surface area contributed by atoms with Gasteiger partial charge in [0.05, 0.1) is 17.9 Å². The molecule has 1 heterocycles. The minimum atomic E-state index is 0.523. The minimum absolute atomic E-state index is 0.523. The smallest absolute Gasteiger partial charge is 0.0663 e. The van der Waals surface area contributed by atoms with Gasteiger partial charge in [0.1, 0.15) is 0 Å². The van der Waals surface area contributed by atoms with Crippen LogP contribution in [0.5, 0.6) is 0 Å². The van der Waals surface area contributed by atoms with E-state index in [1.54, 1.807) is 0 Å². The zero-order valence-corrected chi connectivity index (χ0v) is 10.7. The van der Waals surface area contributed by atoms with Crippen LogP contribution in [-0.4, -0.2) is 9.78 Å². The van der Waals surface area contributed by atoms with Crippen LogP contribution >= 0.6 is 15.9 Å². The van der Waals surface area contributed by atoms with Gasteiger partial charge in [-0.1, -0.05) is 28.1 Å². The summed E-state index contributed by atoms with van der Waals surface area (Å²) in [7, 11) is 0. The molecular formula is C12H14BrN3. The second-order valence-electron chi connectivity index (χ2n) is 3.77. The highest BCUT2D eigenvalue weighted by atomic mass is 79.9. The molecule has 4 heteroatoms. The molecule has 0 radical (unpaired) electrons. The number of benzene rings is 1. The lowest BCUT2D eigenvalue weighted by atomic mass is 10.2. The highest BCUT2D eigenvalue weighted by molar-refractivity contribution is 9.10. The average molecular weight is 280 g/mol. The second kappa shape index (κ2) is 4.80. The number of halogens is 1. The maximum atomic E-state index is 5.68. The van der Waals surface area contributed by atoms with Crippen molar-refractivity contribution < 1.29 is 0 Å². The Morgan fingerprint density at radius 1 is 1.38 bits per heavy atom. The number of aryl methyl sites for hydroxylation is 1. The lowest BCUT2D eigenvalue weighted by molar-refractivity contribution is 0.640. The van der Waals surface area contributed by atoms with Crippen LogP contribution in [0.15, 0.2) is 34.8 Å². The van der Waals surface area contributed by atoms with Crippen LogP contribution in [0, 0.1) is 6.92 Å². The number of hydrogen-bond acceptors (Lipinski definition) is 2. The van der Waals surface area contributed by atoms with Gasteiger partial charge in [0.25, 0.3) is 0 Å². The zero-order chi connectivity index (χ0) is 11.5. The number of aromatic nitrogens is 2. The van der Waals surface area contributed by atoms with E-state index in [-0.39, 0.29) is 0 Å². The molecule has 84 valence electrons. The Labute approximate surface area is 103 Å². The lowest BCUT2D eigenvalue weighted by Gasteiger charge is -2.06. The molecule has 0 aliphatic rings. The molecule has 0 unspecified atom stereocenters. The predicted molar refractivity (Wildman–Crippen MR) is 68.1 cm³/mol. The van der Waals surface area contributed by atoms with Gasteiger partial charge in [-0.05, 0) is 30.7 Å². The van der Waals surface area contributed by atoms with Gasteiger partial charge < -0.3 is 5.73 Å². The Balaban J connectivity index is 2.26. The van der Waals surface area contributed by atoms with Crippen molar-refractivity contribution in [2.24, 2.45) is 5.73 Å². The van der Waals surface area contributed by atoms with E-state index in [1.807, 2.05) is 29.8 Å². The van der Waals surface area contributed by atoms with Gasteiger partial charge in [0, 0.05) is 11.0 Å². The fourth-order valence-corrected chi connectivity index (χ4v) is 2.16. The average Bonchev–Trinajstić information content (AvgIpc) is 2.59. The highest BCUT2D eigenvalue weighted by Gasteiger charge is 2.04. The molecule has 0 bridgehead atoms. The maximum Gasteiger partial charge on any atom is 0.0663 e. The topological polar surface area (TPSA) is 43.8 Å². The molecule has 2 rings (SSSR count).